The minimum absolute atomic E-state index is 0. The van der Waals surface area contributed by atoms with Crippen LogP contribution in [0.1, 0.15) is 56.1 Å². The van der Waals surface area contributed by atoms with Crippen LogP contribution in [-0.2, 0) is 17.6 Å². The number of nitrogens with one attached hydrogen (secondary N) is 2. The number of guanidine groups is 1. The smallest absolute Gasteiger partial charge is 0.222 e. The van der Waals surface area contributed by atoms with Crippen LogP contribution in [0.15, 0.2) is 23.2 Å². The van der Waals surface area contributed by atoms with Gasteiger partial charge in [0.25, 0.3) is 0 Å². The quantitative estimate of drug-likeness (QED) is 0.361. The van der Waals surface area contributed by atoms with Gasteiger partial charge < -0.3 is 16.4 Å². The monoisotopic (exact) mass is 456 g/mol. The van der Waals surface area contributed by atoms with E-state index in [9.17, 15) is 4.79 Å². The van der Waals surface area contributed by atoms with Crippen LogP contribution in [0.5, 0.6) is 0 Å². The van der Waals surface area contributed by atoms with Crippen molar-refractivity contribution in [2.24, 2.45) is 10.7 Å². The highest BCUT2D eigenvalue weighted by atomic mass is 127. The van der Waals surface area contributed by atoms with Gasteiger partial charge in [-0.15, -0.1) is 24.0 Å². The van der Waals surface area contributed by atoms with Crippen molar-refractivity contribution >= 4 is 41.5 Å². The lowest BCUT2D eigenvalue weighted by atomic mass is 9.95. The average Bonchev–Trinajstić information content (AvgIpc) is 3.03. The number of carbonyl (C=O) groups is 1. The van der Waals surface area contributed by atoms with Gasteiger partial charge >= 0.3 is 0 Å². The van der Waals surface area contributed by atoms with E-state index in [2.05, 4.69) is 27.8 Å². The number of halogens is 1. The Morgan fingerprint density at radius 2 is 1.88 bits per heavy atom. The van der Waals surface area contributed by atoms with Crippen LogP contribution >= 0.6 is 24.0 Å². The van der Waals surface area contributed by atoms with Gasteiger partial charge in [-0.2, -0.15) is 0 Å². The van der Waals surface area contributed by atoms with E-state index < -0.39 is 0 Å². The molecule has 4 N–H and O–H groups in total. The molecule has 6 heteroatoms. The Morgan fingerprint density at radius 3 is 2.68 bits per heavy atom. The lowest BCUT2D eigenvalue weighted by Crippen LogP contribution is -2.36. The van der Waals surface area contributed by atoms with E-state index in [0.717, 1.165) is 24.9 Å². The van der Waals surface area contributed by atoms with E-state index in [4.69, 9.17) is 5.73 Å². The first-order valence-corrected chi connectivity index (χ1v) is 9.19. The van der Waals surface area contributed by atoms with Crippen molar-refractivity contribution < 1.29 is 4.79 Å². The van der Waals surface area contributed by atoms with Crippen LogP contribution in [0.2, 0.25) is 0 Å². The van der Waals surface area contributed by atoms with Crippen molar-refractivity contribution in [3.8, 4) is 0 Å². The molecule has 25 heavy (non-hydrogen) atoms. The van der Waals surface area contributed by atoms with Crippen LogP contribution < -0.4 is 16.4 Å². The molecule has 0 spiro atoms. The lowest BCUT2D eigenvalue weighted by molar-refractivity contribution is -0.121. The van der Waals surface area contributed by atoms with Gasteiger partial charge in [-0.1, -0.05) is 25.3 Å². The summed E-state index contributed by atoms with van der Waals surface area (Å²) in [5.74, 6) is 0.453. The van der Waals surface area contributed by atoms with Crippen molar-refractivity contribution in [3.05, 3.63) is 29.3 Å². The van der Waals surface area contributed by atoms with Crippen LogP contribution in [-0.4, -0.2) is 24.5 Å². The summed E-state index contributed by atoms with van der Waals surface area (Å²) in [4.78, 5) is 16.2. The van der Waals surface area contributed by atoms with E-state index in [1.807, 2.05) is 6.07 Å². The van der Waals surface area contributed by atoms with Gasteiger partial charge in [0.15, 0.2) is 5.96 Å². The zero-order valence-electron chi connectivity index (χ0n) is 14.7. The molecule has 5 nitrogen and oxygen atoms in total. The second-order valence-electron chi connectivity index (χ2n) is 6.88. The minimum Gasteiger partial charge on any atom is -0.370 e. The number of nitrogens with zero attached hydrogens (tertiary/aromatic N) is 1. The summed E-state index contributed by atoms with van der Waals surface area (Å²) >= 11 is 0. The molecular formula is C19H29IN4O. The van der Waals surface area contributed by atoms with Crippen molar-refractivity contribution in [1.29, 1.82) is 0 Å². The molecule has 3 rings (SSSR count). The fourth-order valence-electron chi connectivity index (χ4n) is 3.66. The Balaban J connectivity index is 0.00000225. The predicted molar refractivity (Wildman–Crippen MR) is 114 cm³/mol. The second kappa shape index (κ2) is 9.99. The summed E-state index contributed by atoms with van der Waals surface area (Å²) in [7, 11) is 0. The highest BCUT2D eigenvalue weighted by Crippen LogP contribution is 2.24. The van der Waals surface area contributed by atoms with E-state index in [1.54, 1.807) is 0 Å². The Labute approximate surface area is 167 Å². The summed E-state index contributed by atoms with van der Waals surface area (Å²) in [5, 5.41) is 6.22. The van der Waals surface area contributed by atoms with E-state index in [0.29, 0.717) is 25.0 Å². The molecule has 0 bridgehead atoms. The average molecular weight is 456 g/mol. The Hall–Kier alpha value is -1.31. The molecule has 0 unspecified atom stereocenters. The van der Waals surface area contributed by atoms with Gasteiger partial charge in [0.05, 0.1) is 6.54 Å². The lowest BCUT2D eigenvalue weighted by Gasteiger charge is -2.22. The summed E-state index contributed by atoms with van der Waals surface area (Å²) < 4.78 is 0. The summed E-state index contributed by atoms with van der Waals surface area (Å²) in [6.07, 6.45) is 9.90. The number of carbonyl (C=O) groups excluding carboxylic acids is 1. The molecule has 0 radical (unpaired) electrons. The van der Waals surface area contributed by atoms with E-state index >= 15 is 0 Å². The van der Waals surface area contributed by atoms with Gasteiger partial charge in [0, 0.05) is 18.2 Å². The molecule has 1 fully saturated rings. The van der Waals surface area contributed by atoms with Crippen LogP contribution in [0.3, 0.4) is 0 Å². The fraction of sp³-hybridized carbons (Fsp3) is 0.579. The van der Waals surface area contributed by atoms with Crippen molar-refractivity contribution in [3.63, 3.8) is 0 Å². The number of hydrogen-bond acceptors (Lipinski definition) is 2. The molecule has 0 aliphatic heterocycles. The number of rotatable bonds is 5. The molecule has 0 aromatic heterocycles. The molecule has 1 aromatic rings. The first-order valence-electron chi connectivity index (χ1n) is 9.19. The first kappa shape index (κ1) is 20.0. The third-order valence-corrected chi connectivity index (χ3v) is 4.96. The van der Waals surface area contributed by atoms with E-state index in [-0.39, 0.29) is 29.9 Å². The SMILES string of the molecule is I.NC(=NCCC(=O)NC1CCCCC1)Nc1ccc2c(c1)CCC2. The number of anilines is 1. The first-order chi connectivity index (χ1) is 11.7. The molecule has 0 heterocycles. The second-order valence-corrected chi connectivity index (χ2v) is 6.88. The van der Waals surface area contributed by atoms with Gasteiger partial charge in [-0.25, -0.2) is 0 Å². The molecule has 0 saturated heterocycles. The van der Waals surface area contributed by atoms with Crippen molar-refractivity contribution in [2.75, 3.05) is 11.9 Å². The van der Waals surface area contributed by atoms with Gasteiger partial charge in [-0.05, 0) is 55.4 Å². The van der Waals surface area contributed by atoms with Crippen LogP contribution in [0.4, 0.5) is 5.69 Å². The third kappa shape index (κ3) is 6.17. The zero-order valence-corrected chi connectivity index (χ0v) is 17.1. The molecular weight excluding hydrogens is 427 g/mol. The maximum Gasteiger partial charge on any atom is 0.222 e. The third-order valence-electron chi connectivity index (χ3n) is 4.96. The zero-order chi connectivity index (χ0) is 16.8. The summed E-state index contributed by atoms with van der Waals surface area (Å²) in [6, 6.07) is 6.72. The number of aliphatic imine (C=N–C) groups is 1. The summed E-state index contributed by atoms with van der Waals surface area (Å²) in [6.45, 7) is 0.419. The molecule has 1 aromatic carbocycles. The maximum absolute atomic E-state index is 11.9. The fourth-order valence-corrected chi connectivity index (χ4v) is 3.66. The molecule has 0 atom stereocenters. The predicted octanol–water partition coefficient (Wildman–Crippen LogP) is 3.36. The molecule has 2 aliphatic carbocycles. The largest absolute Gasteiger partial charge is 0.370 e. The van der Waals surface area contributed by atoms with Crippen LogP contribution in [0, 0.1) is 0 Å². The highest BCUT2D eigenvalue weighted by molar-refractivity contribution is 14.0. The molecule has 138 valence electrons. The van der Waals surface area contributed by atoms with Crippen molar-refractivity contribution in [1.82, 2.24) is 5.32 Å². The number of nitrogens with two attached hydrogens (primary N) is 1. The number of benzene rings is 1. The molecule has 1 amide bonds. The maximum atomic E-state index is 11.9. The van der Waals surface area contributed by atoms with Crippen molar-refractivity contribution in [2.45, 2.75) is 63.8 Å². The number of hydrogen-bond donors (Lipinski definition) is 3. The summed E-state index contributed by atoms with van der Waals surface area (Å²) in [5.41, 5.74) is 9.75. The minimum atomic E-state index is 0. The Bertz CT molecular complexity index is 611. The topological polar surface area (TPSA) is 79.5 Å². The van der Waals surface area contributed by atoms with E-state index in [1.165, 1.54) is 43.2 Å². The Kier molecular flexibility index (Phi) is 7.99. The molecule has 1 saturated carbocycles. The standard InChI is InChI=1S/C19H28N4O.HI/c20-19(23-17-10-9-14-5-4-6-15(14)13-17)21-12-11-18(24)22-16-7-2-1-3-8-16;/h9-10,13,16H,1-8,11-12H2,(H,22,24)(H3,20,21,23);1H. The highest BCUT2D eigenvalue weighted by Gasteiger charge is 2.15. The normalized spacial score (nSPS) is 17.5. The van der Waals surface area contributed by atoms with Gasteiger partial charge in [0.2, 0.25) is 5.91 Å². The van der Waals surface area contributed by atoms with Crippen LogP contribution in [0.25, 0.3) is 0 Å². The van der Waals surface area contributed by atoms with Gasteiger partial charge in [-0.3, -0.25) is 9.79 Å². The van der Waals surface area contributed by atoms with Gasteiger partial charge in [0.1, 0.15) is 0 Å². The number of aryl methyl sites for hydroxylation is 2. The Morgan fingerprint density at radius 1 is 1.12 bits per heavy atom. The molecule has 2 aliphatic rings. The number of amides is 1. The number of fused-ring (bicyclic) bond motifs is 1.